The summed E-state index contributed by atoms with van der Waals surface area (Å²) in [7, 11) is 0. The number of aliphatic hydroxyl groups is 2. The van der Waals surface area contributed by atoms with Gasteiger partial charge in [0, 0.05) is 19.3 Å². The number of carbonyl (C=O) groups is 1. The summed E-state index contributed by atoms with van der Waals surface area (Å²) in [6.07, 6.45) is 10.1. The molecule has 4 rings (SSSR count). The lowest BCUT2D eigenvalue weighted by molar-refractivity contribution is -0.261. The molecule has 4 aliphatic rings. The first-order valence-electron chi connectivity index (χ1n) is 12.7. The number of carbonyl (C=O) groups excluding carboxylic acids is 1. The molecule has 0 spiro atoms. The lowest BCUT2D eigenvalue weighted by atomic mass is 9.87. The van der Waals surface area contributed by atoms with Crippen LogP contribution in [0.5, 0.6) is 0 Å². The Kier molecular flexibility index (Phi) is 8.44. The van der Waals surface area contributed by atoms with Crippen LogP contribution in [0.1, 0.15) is 64.7 Å². The van der Waals surface area contributed by atoms with Gasteiger partial charge in [0.2, 0.25) is 0 Å². The molecule has 4 aliphatic heterocycles. The van der Waals surface area contributed by atoms with Crippen molar-refractivity contribution in [3.63, 3.8) is 0 Å². The van der Waals surface area contributed by atoms with E-state index in [1.54, 1.807) is 6.08 Å². The number of rotatable bonds is 7. The fraction of sp³-hybridized carbons (Fsp3) is 0.741. The maximum absolute atomic E-state index is 11.1. The Labute approximate surface area is 202 Å². The summed E-state index contributed by atoms with van der Waals surface area (Å²) in [6.45, 7) is 9.31. The predicted octanol–water partition coefficient (Wildman–Crippen LogP) is 3.18. The lowest BCUT2D eigenvalue weighted by Gasteiger charge is -2.47. The van der Waals surface area contributed by atoms with E-state index in [4.69, 9.17) is 18.9 Å². The van der Waals surface area contributed by atoms with E-state index in [0.29, 0.717) is 31.3 Å². The zero-order valence-corrected chi connectivity index (χ0v) is 20.2. The van der Waals surface area contributed by atoms with Gasteiger partial charge in [0.1, 0.15) is 12.4 Å². The van der Waals surface area contributed by atoms with Gasteiger partial charge in [0.05, 0.1) is 54.4 Å². The lowest BCUT2D eigenvalue weighted by Crippen LogP contribution is -2.58. The van der Waals surface area contributed by atoms with Crippen molar-refractivity contribution in [2.24, 2.45) is 0 Å². The molecule has 2 unspecified atom stereocenters. The highest BCUT2D eigenvalue weighted by Crippen LogP contribution is 2.41. The summed E-state index contributed by atoms with van der Waals surface area (Å²) in [5, 5.41) is 21.8. The van der Waals surface area contributed by atoms with Crippen molar-refractivity contribution in [2.45, 2.75) is 125 Å². The first kappa shape index (κ1) is 25.7. The minimum absolute atomic E-state index is 0.104. The molecule has 190 valence electrons. The smallest absolute Gasteiger partial charge is 0.145 e. The number of hydrogen-bond acceptors (Lipinski definition) is 7. The van der Waals surface area contributed by atoms with Crippen molar-refractivity contribution in [2.75, 3.05) is 0 Å². The third-order valence-corrected chi connectivity index (χ3v) is 7.82. The largest absolute Gasteiger partial charge is 0.390 e. The molecule has 4 saturated heterocycles. The summed E-state index contributed by atoms with van der Waals surface area (Å²) in [4.78, 5) is 11.0. The van der Waals surface area contributed by atoms with Gasteiger partial charge in [-0.1, -0.05) is 31.4 Å². The van der Waals surface area contributed by atoms with E-state index in [-0.39, 0.29) is 48.8 Å². The second-order valence-corrected chi connectivity index (χ2v) is 10.5. The van der Waals surface area contributed by atoms with Gasteiger partial charge in [-0.2, -0.15) is 0 Å². The van der Waals surface area contributed by atoms with Crippen molar-refractivity contribution in [1.82, 2.24) is 0 Å². The summed E-state index contributed by atoms with van der Waals surface area (Å²) >= 11 is 0. The van der Waals surface area contributed by atoms with Gasteiger partial charge in [0.25, 0.3) is 0 Å². The van der Waals surface area contributed by atoms with Gasteiger partial charge in [-0.25, -0.2) is 0 Å². The van der Waals surface area contributed by atoms with E-state index in [1.807, 2.05) is 19.1 Å². The van der Waals surface area contributed by atoms with Gasteiger partial charge < -0.3 is 29.2 Å². The molecule has 34 heavy (non-hydrogen) atoms. The highest BCUT2D eigenvalue weighted by Gasteiger charge is 2.50. The summed E-state index contributed by atoms with van der Waals surface area (Å²) in [5.74, 6) is 0. The molecule has 7 nitrogen and oxygen atoms in total. The number of aldehydes is 1. The summed E-state index contributed by atoms with van der Waals surface area (Å²) < 4.78 is 25.7. The van der Waals surface area contributed by atoms with Crippen LogP contribution in [0.3, 0.4) is 0 Å². The molecule has 4 heterocycles. The van der Waals surface area contributed by atoms with Crippen LogP contribution in [-0.4, -0.2) is 77.0 Å². The number of hydrogen-bond donors (Lipinski definition) is 2. The van der Waals surface area contributed by atoms with Crippen LogP contribution in [0.25, 0.3) is 0 Å². The van der Waals surface area contributed by atoms with Crippen molar-refractivity contribution < 1.29 is 34.0 Å². The molecule has 4 fully saturated rings. The minimum atomic E-state index is -0.907. The van der Waals surface area contributed by atoms with Crippen LogP contribution in [0.2, 0.25) is 0 Å². The second kappa shape index (κ2) is 11.1. The molecule has 0 amide bonds. The standard InChI is InChI=1S/C27H40O7/c1-4-5-6-7-8-25-27(3,30)12-11-22-20(33-25)9-10-21-23(32-22)15-24-26(34-21)19(29)14-18(31-24)13-17(2)16-28/h4-6,16,18-26,29-30H,1-2,7-15H2,3H3/b6-5-/t18-,19+,20+,21?,22-,23+,24-,25?,26+,27+/m1/s1. The molecule has 7 heteroatoms. The normalized spacial score (nSPS) is 44.7. The van der Waals surface area contributed by atoms with Gasteiger partial charge in [-0.05, 0) is 51.0 Å². The number of aliphatic hydroxyl groups excluding tert-OH is 1. The van der Waals surface area contributed by atoms with Crippen molar-refractivity contribution in [3.05, 3.63) is 37.0 Å². The Hall–Kier alpha value is -1.35. The zero-order valence-electron chi connectivity index (χ0n) is 20.2. The zero-order chi connectivity index (χ0) is 24.3. The summed E-state index contributed by atoms with van der Waals surface area (Å²) in [6, 6.07) is 0. The highest BCUT2D eigenvalue weighted by atomic mass is 16.6. The fourth-order valence-corrected chi connectivity index (χ4v) is 5.95. The van der Waals surface area contributed by atoms with E-state index < -0.39 is 11.7 Å². The predicted molar refractivity (Wildman–Crippen MR) is 127 cm³/mol. The quantitative estimate of drug-likeness (QED) is 0.331. The van der Waals surface area contributed by atoms with E-state index in [0.717, 1.165) is 38.4 Å². The van der Waals surface area contributed by atoms with Crippen molar-refractivity contribution >= 4 is 6.29 Å². The molecule has 0 aromatic rings. The molecule has 0 aromatic heterocycles. The molecule has 0 bridgehead atoms. The minimum Gasteiger partial charge on any atom is -0.390 e. The third-order valence-electron chi connectivity index (χ3n) is 7.82. The monoisotopic (exact) mass is 476 g/mol. The van der Waals surface area contributed by atoms with E-state index in [1.165, 1.54) is 0 Å². The topological polar surface area (TPSA) is 94.5 Å². The molecule has 10 atom stereocenters. The average Bonchev–Trinajstić information content (AvgIpc) is 3.03. The van der Waals surface area contributed by atoms with Gasteiger partial charge >= 0.3 is 0 Å². The molecular weight excluding hydrogens is 436 g/mol. The van der Waals surface area contributed by atoms with Gasteiger partial charge in [-0.15, -0.1) is 0 Å². The molecule has 0 radical (unpaired) electrons. The maximum Gasteiger partial charge on any atom is 0.145 e. The Morgan fingerprint density at radius 3 is 2.50 bits per heavy atom. The van der Waals surface area contributed by atoms with Crippen LogP contribution >= 0.6 is 0 Å². The van der Waals surface area contributed by atoms with Gasteiger partial charge in [0.15, 0.2) is 0 Å². The van der Waals surface area contributed by atoms with E-state index in [2.05, 4.69) is 13.2 Å². The van der Waals surface area contributed by atoms with E-state index >= 15 is 0 Å². The van der Waals surface area contributed by atoms with Crippen LogP contribution in [0.4, 0.5) is 0 Å². The number of ether oxygens (including phenoxy) is 4. The third kappa shape index (κ3) is 5.89. The molecule has 0 aromatic carbocycles. The SMILES string of the molecule is C=C/C=C\CCC1O[C@H]2CCC3O[C@H]4[C@@H](O)C[C@@H](CC(=C)C=O)O[C@@H]4C[C@@H]3O[C@@H]2CC[C@]1(C)O. The number of allylic oxidation sites excluding steroid dienone is 3. The first-order chi connectivity index (χ1) is 16.3. The van der Waals surface area contributed by atoms with E-state index in [9.17, 15) is 15.0 Å². The van der Waals surface area contributed by atoms with Crippen LogP contribution in [-0.2, 0) is 23.7 Å². The van der Waals surface area contributed by atoms with Crippen molar-refractivity contribution in [3.8, 4) is 0 Å². The molecular formula is C27H40O7. The Morgan fingerprint density at radius 2 is 1.76 bits per heavy atom. The maximum atomic E-state index is 11.1. The van der Waals surface area contributed by atoms with Gasteiger partial charge in [-0.3, -0.25) is 4.79 Å². The first-order valence-corrected chi connectivity index (χ1v) is 12.7. The number of fused-ring (bicyclic) bond motifs is 3. The average molecular weight is 477 g/mol. The van der Waals surface area contributed by atoms with Crippen LogP contribution < -0.4 is 0 Å². The molecule has 0 aliphatic carbocycles. The molecule has 0 saturated carbocycles. The Balaban J connectivity index is 1.42. The summed E-state index contributed by atoms with van der Waals surface area (Å²) in [5.41, 5.74) is -0.438. The molecule has 2 N–H and O–H groups in total. The van der Waals surface area contributed by atoms with Crippen molar-refractivity contribution in [1.29, 1.82) is 0 Å². The Bertz CT molecular complexity index is 762. The Morgan fingerprint density at radius 1 is 1.03 bits per heavy atom. The highest BCUT2D eigenvalue weighted by molar-refractivity contribution is 5.72. The van der Waals surface area contributed by atoms with Crippen LogP contribution in [0, 0.1) is 0 Å². The van der Waals surface area contributed by atoms with Crippen LogP contribution in [0.15, 0.2) is 37.0 Å². The second-order valence-electron chi connectivity index (χ2n) is 10.5. The fourth-order valence-electron chi connectivity index (χ4n) is 5.95.